The average molecular weight is 1890 g/mol. The molecule has 6 heteroatoms. The molecular formula is C142H102N6. The van der Waals surface area contributed by atoms with E-state index in [4.69, 9.17) is 29.9 Å². The minimum Gasteiger partial charge on any atom is -0.208 e. The van der Waals surface area contributed by atoms with Crippen molar-refractivity contribution in [1.29, 1.82) is 0 Å². The summed E-state index contributed by atoms with van der Waals surface area (Å²) in [6, 6.07) is 187. The van der Waals surface area contributed by atoms with E-state index in [0.717, 1.165) is 173 Å². The smallest absolute Gasteiger partial charge is 0.164 e. The molecule has 25 rings (SSSR count). The Morgan fingerprint density at radius 1 is 0.189 bits per heavy atom. The van der Waals surface area contributed by atoms with Crippen LogP contribution in [0.15, 0.2) is 552 Å². The minimum absolute atomic E-state index is 0.0264. The first-order valence-electron chi connectivity index (χ1n) is 51.1. The van der Waals surface area contributed by atoms with Crippen LogP contribution in [0.5, 0.6) is 0 Å². The molecule has 2 aromatic heterocycles. The molecule has 3 aliphatic carbocycles. The number of rotatable bonds is 22. The summed E-state index contributed by atoms with van der Waals surface area (Å²) in [6.07, 6.45) is 15.2. The van der Waals surface area contributed by atoms with Crippen molar-refractivity contribution < 1.29 is 0 Å². The van der Waals surface area contributed by atoms with E-state index in [1.165, 1.54) is 39.0 Å². The predicted molar refractivity (Wildman–Crippen MR) is 613 cm³/mol. The van der Waals surface area contributed by atoms with Gasteiger partial charge in [-0.05, 0) is 293 Å². The van der Waals surface area contributed by atoms with Crippen LogP contribution >= 0.6 is 0 Å². The molecule has 20 aromatic carbocycles. The molecule has 22 aromatic rings. The molecule has 0 saturated heterocycles. The van der Waals surface area contributed by atoms with Gasteiger partial charge in [0.15, 0.2) is 34.9 Å². The summed E-state index contributed by atoms with van der Waals surface area (Å²) >= 11 is 0. The molecule has 2 heterocycles. The predicted octanol–water partition coefficient (Wildman–Crippen LogP) is 36.0. The highest BCUT2D eigenvalue weighted by Crippen LogP contribution is 2.61. The number of aromatic nitrogens is 6. The van der Waals surface area contributed by atoms with Crippen molar-refractivity contribution in [3.05, 3.63) is 591 Å². The fourth-order valence-electron chi connectivity index (χ4n) is 22.7. The SMILES string of the molecule is CC1(C)c2ccccc2C(c2cccc(-c3cccc(-c4nc(-c5cccc(C6=CC(c7ccccc7)CC(c7ccccc7)=C6)c5)nc(-c5cccc(-c6cc(-c7ccccc7)cc(-c7ccccc7)c6)c5)n4)c3)c2)(c2cccc(-c3cccc(-c4nc(-c5cccc(-c6cc(-c7ccccc7)cc(-c7ccccc7)c6)c5)nc(-c5cccc(-c6cc(-c7ccccc7)cc(-c7ccccc7)c6)c5)n4)c3)c2)C2C=CC=CC21. The van der Waals surface area contributed by atoms with Crippen LogP contribution in [0.25, 0.3) is 202 Å². The zero-order valence-corrected chi connectivity index (χ0v) is 82.2. The van der Waals surface area contributed by atoms with Crippen LogP contribution in [-0.2, 0) is 10.8 Å². The molecule has 0 amide bonds. The lowest BCUT2D eigenvalue weighted by Gasteiger charge is -2.55. The van der Waals surface area contributed by atoms with Gasteiger partial charge >= 0.3 is 0 Å². The zero-order valence-electron chi connectivity index (χ0n) is 82.2. The lowest BCUT2D eigenvalue weighted by molar-refractivity contribution is 0.216. The third-order valence-electron chi connectivity index (χ3n) is 30.1. The molecule has 3 aliphatic rings. The molecule has 4 atom stereocenters. The second-order valence-electron chi connectivity index (χ2n) is 39.6. The van der Waals surface area contributed by atoms with Gasteiger partial charge in [-0.3, -0.25) is 0 Å². The van der Waals surface area contributed by atoms with E-state index in [9.17, 15) is 0 Å². The maximum atomic E-state index is 5.61. The standard InChI is InChI=1S/C142H102N6/c1-141(2)131-71-27-29-73-133(131)142(134-74-30-28-72-132(134)141,129-69-37-61-109(93-129)103-55-31-63-111(75-103)135-143-137(113-65-33-57-105(77-113)125-85-117(95-39-11-3-12-40-95)81-118(86-125)96-41-13-4-14-42-96)147-138(144-135)114-66-34-58-106(78-114)126-87-119(97-43-15-5-16-44-97)82-120(88-126)98-45-17-6-18-46-98)130-70-38-62-110(94-130)104-56-32-64-112(76-104)136-145-139(115-67-35-59-107(79-115)127-89-121(99-47-19-7-20-48-99)83-122(90-127)100-49-21-8-22-50-100)148-140(146-136)116-68-36-60-108(80-116)128-91-123(101-51-23-9-24-52-101)84-124(92-128)102-53-25-10-26-54-102/h3-83,85-94,123,131,133H,84H2,1-2H3. The molecule has 700 valence electrons. The Morgan fingerprint density at radius 2 is 0.412 bits per heavy atom. The largest absolute Gasteiger partial charge is 0.208 e. The van der Waals surface area contributed by atoms with E-state index >= 15 is 0 Å². The lowest BCUT2D eigenvalue weighted by atomic mass is 9.47. The Balaban J connectivity index is 0.614. The first-order valence-corrected chi connectivity index (χ1v) is 51.1. The monoisotopic (exact) mass is 1890 g/mol. The number of hydrogen-bond acceptors (Lipinski definition) is 6. The number of allylic oxidation sites excluding steroid dienone is 8. The molecule has 0 bridgehead atoms. The van der Waals surface area contributed by atoms with Gasteiger partial charge in [0, 0.05) is 45.2 Å². The van der Waals surface area contributed by atoms with Gasteiger partial charge in [0.2, 0.25) is 0 Å². The van der Waals surface area contributed by atoms with Gasteiger partial charge in [0.25, 0.3) is 0 Å². The van der Waals surface area contributed by atoms with Crippen LogP contribution in [0.4, 0.5) is 0 Å². The summed E-state index contributed by atoms with van der Waals surface area (Å²) in [4.78, 5) is 33.6. The van der Waals surface area contributed by atoms with Gasteiger partial charge in [-0.1, -0.05) is 463 Å². The van der Waals surface area contributed by atoms with Gasteiger partial charge < -0.3 is 0 Å². The second kappa shape index (κ2) is 39.6. The van der Waals surface area contributed by atoms with Crippen LogP contribution in [0.2, 0.25) is 0 Å². The van der Waals surface area contributed by atoms with E-state index in [1.807, 2.05) is 0 Å². The van der Waals surface area contributed by atoms with Gasteiger partial charge in [0.05, 0.1) is 5.41 Å². The molecule has 0 radical (unpaired) electrons. The van der Waals surface area contributed by atoms with Crippen molar-refractivity contribution in [3.63, 3.8) is 0 Å². The third kappa shape index (κ3) is 18.1. The van der Waals surface area contributed by atoms with Crippen molar-refractivity contribution in [2.75, 3.05) is 0 Å². The minimum atomic E-state index is -0.736. The summed E-state index contributed by atoms with van der Waals surface area (Å²) in [7, 11) is 0. The molecule has 148 heavy (non-hydrogen) atoms. The van der Waals surface area contributed by atoms with Crippen LogP contribution in [-0.4, -0.2) is 29.9 Å². The molecule has 0 N–H and O–H groups in total. The highest BCUT2D eigenvalue weighted by Gasteiger charge is 2.56. The Hall–Kier alpha value is -18.6. The number of nitrogens with zero attached hydrogens (tertiary/aromatic N) is 6. The fraction of sp³-hybridized carbons (Fsp3) is 0.0563. The van der Waals surface area contributed by atoms with Gasteiger partial charge in [-0.15, -0.1) is 0 Å². The Morgan fingerprint density at radius 3 is 0.730 bits per heavy atom. The maximum Gasteiger partial charge on any atom is 0.164 e. The topological polar surface area (TPSA) is 77.3 Å². The van der Waals surface area contributed by atoms with Crippen LogP contribution in [0.1, 0.15) is 65.1 Å². The number of hydrogen-bond donors (Lipinski definition) is 0. The highest BCUT2D eigenvalue weighted by molar-refractivity contribution is 5.91. The van der Waals surface area contributed by atoms with Gasteiger partial charge in [-0.2, -0.15) is 0 Å². The number of fused-ring (bicyclic) bond motifs is 2. The van der Waals surface area contributed by atoms with E-state index in [1.54, 1.807) is 0 Å². The Kier molecular flexibility index (Phi) is 24.2. The van der Waals surface area contributed by atoms with Crippen molar-refractivity contribution in [1.82, 2.24) is 29.9 Å². The Labute approximate surface area is 865 Å². The third-order valence-corrected chi connectivity index (χ3v) is 30.1. The van der Waals surface area contributed by atoms with E-state index in [-0.39, 0.29) is 23.2 Å². The van der Waals surface area contributed by atoms with Gasteiger partial charge in [-0.25, -0.2) is 29.9 Å². The van der Waals surface area contributed by atoms with Gasteiger partial charge in [0.1, 0.15) is 0 Å². The molecule has 0 fully saturated rings. The first-order chi connectivity index (χ1) is 73.0. The maximum absolute atomic E-state index is 5.61. The summed E-state index contributed by atoms with van der Waals surface area (Å²) in [6.45, 7) is 4.88. The Bertz CT molecular complexity index is 8520. The summed E-state index contributed by atoms with van der Waals surface area (Å²) in [5.41, 5.74) is 39.4. The lowest BCUT2D eigenvalue weighted by Crippen LogP contribution is -2.52. The zero-order chi connectivity index (χ0) is 98.9. The van der Waals surface area contributed by atoms with Crippen LogP contribution in [0, 0.1) is 11.8 Å². The van der Waals surface area contributed by atoms with Crippen molar-refractivity contribution >= 4 is 11.1 Å². The quantitative estimate of drug-likeness (QED) is 0.0673. The molecule has 4 unspecified atom stereocenters. The molecule has 0 spiro atoms. The normalized spacial score (nSPS) is 15.4. The van der Waals surface area contributed by atoms with Crippen LogP contribution < -0.4 is 0 Å². The van der Waals surface area contributed by atoms with E-state index in [2.05, 4.69) is 566 Å². The summed E-state index contributed by atoms with van der Waals surface area (Å²) in [5, 5.41) is 0. The second-order valence-corrected chi connectivity index (χ2v) is 39.6. The molecule has 0 aliphatic heterocycles. The van der Waals surface area contributed by atoms with Crippen LogP contribution in [0.3, 0.4) is 0 Å². The van der Waals surface area contributed by atoms with Crippen molar-refractivity contribution in [2.24, 2.45) is 11.8 Å². The summed E-state index contributed by atoms with van der Waals surface area (Å²) < 4.78 is 0. The molecular weight excluding hydrogens is 1790 g/mol. The summed E-state index contributed by atoms with van der Waals surface area (Å²) in [5.74, 6) is 3.61. The van der Waals surface area contributed by atoms with Crippen molar-refractivity contribution in [3.8, 4) is 191 Å². The highest BCUT2D eigenvalue weighted by atomic mass is 15.0. The first kappa shape index (κ1) is 90.6. The number of benzene rings is 20. The molecule has 0 saturated carbocycles. The van der Waals surface area contributed by atoms with E-state index in [0.29, 0.717) is 34.9 Å². The van der Waals surface area contributed by atoms with Crippen molar-refractivity contribution in [2.45, 2.75) is 37.0 Å². The molecule has 6 nitrogen and oxygen atoms in total. The average Bonchev–Trinajstić information content (AvgIpc) is 0.685. The van der Waals surface area contributed by atoms with E-state index < -0.39 is 5.41 Å². The fourth-order valence-corrected chi connectivity index (χ4v) is 22.7.